The second-order valence-electron chi connectivity index (χ2n) is 6.35. The van der Waals surface area contributed by atoms with Gasteiger partial charge in [-0.2, -0.15) is 0 Å². The molecule has 1 amide bonds. The molecular weight excluding hydrogens is 390 g/mol. The van der Waals surface area contributed by atoms with E-state index in [9.17, 15) is 21.6 Å². The van der Waals surface area contributed by atoms with Gasteiger partial charge in [0.2, 0.25) is 5.91 Å². The lowest BCUT2D eigenvalue weighted by Gasteiger charge is -2.18. The molecule has 144 valence electrons. The number of aryl methyl sites for hydroxylation is 3. The first-order valence-corrected chi connectivity index (χ1v) is 11.1. The maximum absolute atomic E-state index is 12.5. The molecule has 1 aliphatic heterocycles. The number of fused-ring (bicyclic) bond motifs is 1. The third-order valence-corrected chi connectivity index (χ3v) is 6.99. The lowest BCUT2D eigenvalue weighted by Crippen LogP contribution is -2.41. The van der Waals surface area contributed by atoms with Crippen LogP contribution in [0.4, 0.5) is 5.69 Å². The number of nitrogens with one attached hydrogen (secondary N) is 3. The van der Waals surface area contributed by atoms with Crippen molar-refractivity contribution in [2.75, 3.05) is 5.32 Å². The van der Waals surface area contributed by atoms with E-state index >= 15 is 0 Å². The van der Waals surface area contributed by atoms with E-state index in [2.05, 4.69) is 5.32 Å². The molecule has 3 N–H and O–H groups in total. The van der Waals surface area contributed by atoms with E-state index in [0.717, 1.165) is 5.56 Å². The molecule has 8 nitrogen and oxygen atoms in total. The molecule has 1 aliphatic rings. The molecule has 0 aromatic heterocycles. The molecule has 0 saturated heterocycles. The lowest BCUT2D eigenvalue weighted by atomic mass is 10.0. The number of benzene rings is 2. The van der Waals surface area contributed by atoms with Crippen LogP contribution in [0.15, 0.2) is 46.2 Å². The third kappa shape index (κ3) is 4.19. The van der Waals surface area contributed by atoms with Crippen molar-refractivity contribution in [2.45, 2.75) is 36.5 Å². The van der Waals surface area contributed by atoms with Gasteiger partial charge in [0.25, 0.3) is 20.0 Å². The van der Waals surface area contributed by atoms with Gasteiger partial charge < -0.3 is 5.32 Å². The molecule has 0 aliphatic carbocycles. The van der Waals surface area contributed by atoms with Crippen LogP contribution in [-0.2, 0) is 31.3 Å². The number of hydrogen-bond donors (Lipinski definition) is 3. The normalized spacial score (nSPS) is 14.5. The van der Waals surface area contributed by atoms with Crippen molar-refractivity contribution in [3.05, 3.63) is 53.1 Å². The van der Waals surface area contributed by atoms with Crippen molar-refractivity contribution >= 4 is 31.6 Å². The Labute approximate surface area is 158 Å². The summed E-state index contributed by atoms with van der Waals surface area (Å²) in [6, 6.07) is 9.09. The molecule has 0 radical (unpaired) electrons. The predicted molar refractivity (Wildman–Crippen MR) is 100.0 cm³/mol. The first-order chi connectivity index (χ1) is 12.6. The lowest BCUT2D eigenvalue weighted by molar-refractivity contribution is -0.116. The first-order valence-electron chi connectivity index (χ1n) is 8.12. The average molecular weight is 409 g/mol. The quantitative estimate of drug-likeness (QED) is 0.644. The summed E-state index contributed by atoms with van der Waals surface area (Å²) in [5.41, 5.74) is 2.47. The number of anilines is 1. The number of carbonyl (C=O) groups is 1. The number of carbonyl (C=O) groups excluding carboxylic acids is 1. The summed E-state index contributed by atoms with van der Waals surface area (Å²) in [5, 5.41) is 2.66. The van der Waals surface area contributed by atoms with E-state index in [1.165, 1.54) is 24.3 Å². The zero-order chi connectivity index (χ0) is 19.8. The minimum Gasteiger partial charge on any atom is -0.326 e. The molecule has 3 rings (SSSR count). The van der Waals surface area contributed by atoms with Crippen LogP contribution in [-0.4, -0.2) is 22.7 Å². The zero-order valence-corrected chi connectivity index (χ0v) is 16.4. The maximum atomic E-state index is 12.5. The van der Waals surface area contributed by atoms with Crippen LogP contribution in [0.1, 0.15) is 23.1 Å². The summed E-state index contributed by atoms with van der Waals surface area (Å²) in [7, 11) is -8.20. The molecule has 0 bridgehead atoms. The number of sulfonamides is 2. The van der Waals surface area contributed by atoms with Gasteiger partial charge in [-0.1, -0.05) is 12.1 Å². The predicted octanol–water partition coefficient (Wildman–Crippen LogP) is 1.36. The van der Waals surface area contributed by atoms with E-state index < -0.39 is 20.0 Å². The topological polar surface area (TPSA) is 121 Å². The van der Waals surface area contributed by atoms with Crippen LogP contribution in [0.2, 0.25) is 0 Å². The van der Waals surface area contributed by atoms with E-state index in [-0.39, 0.29) is 22.1 Å². The zero-order valence-electron chi connectivity index (χ0n) is 14.7. The SMILES string of the molecule is Cc1ccc(C)c(S(=O)(=O)NNS(=O)(=O)c2ccc3c(c2)CCC(=O)N3)c1. The number of hydrogen-bond acceptors (Lipinski definition) is 5. The van der Waals surface area contributed by atoms with E-state index in [0.29, 0.717) is 23.2 Å². The van der Waals surface area contributed by atoms with Crippen LogP contribution in [0, 0.1) is 13.8 Å². The number of hydrazine groups is 1. The second kappa shape index (κ2) is 7.04. The van der Waals surface area contributed by atoms with Crippen molar-refractivity contribution in [1.29, 1.82) is 0 Å². The summed E-state index contributed by atoms with van der Waals surface area (Å²) in [6.07, 6.45) is 0.682. The Morgan fingerprint density at radius 2 is 1.59 bits per heavy atom. The molecule has 2 aromatic carbocycles. The largest absolute Gasteiger partial charge is 0.326 e. The van der Waals surface area contributed by atoms with Gasteiger partial charge in [-0.25, -0.2) is 16.8 Å². The molecule has 27 heavy (non-hydrogen) atoms. The Morgan fingerprint density at radius 1 is 0.889 bits per heavy atom. The average Bonchev–Trinajstić information content (AvgIpc) is 2.61. The van der Waals surface area contributed by atoms with Gasteiger partial charge in [-0.05, 0) is 61.2 Å². The highest BCUT2D eigenvalue weighted by Crippen LogP contribution is 2.25. The highest BCUT2D eigenvalue weighted by Gasteiger charge is 2.23. The van der Waals surface area contributed by atoms with Crippen LogP contribution in [0.3, 0.4) is 0 Å². The maximum Gasteiger partial charge on any atom is 0.254 e. The number of amides is 1. The molecule has 0 unspecified atom stereocenters. The van der Waals surface area contributed by atoms with Gasteiger partial charge in [0.1, 0.15) is 0 Å². The van der Waals surface area contributed by atoms with E-state index in [4.69, 9.17) is 0 Å². The molecule has 0 spiro atoms. The molecule has 1 heterocycles. The molecule has 0 fully saturated rings. The van der Waals surface area contributed by atoms with Crippen LogP contribution < -0.4 is 15.0 Å². The van der Waals surface area contributed by atoms with Crippen molar-refractivity contribution in [3.63, 3.8) is 0 Å². The van der Waals surface area contributed by atoms with Crippen LogP contribution in [0.5, 0.6) is 0 Å². The Hall–Kier alpha value is -2.27. The Kier molecular flexibility index (Phi) is 5.08. The molecule has 0 atom stereocenters. The smallest absolute Gasteiger partial charge is 0.254 e. The fraction of sp³-hybridized carbons (Fsp3) is 0.235. The second-order valence-corrected chi connectivity index (χ2v) is 9.68. The van der Waals surface area contributed by atoms with Crippen molar-refractivity contribution < 1.29 is 21.6 Å². The Morgan fingerprint density at radius 3 is 2.33 bits per heavy atom. The van der Waals surface area contributed by atoms with Gasteiger partial charge in [-0.15, -0.1) is 9.66 Å². The summed E-state index contributed by atoms with van der Waals surface area (Å²) < 4.78 is 49.9. The van der Waals surface area contributed by atoms with Gasteiger partial charge in [0.05, 0.1) is 9.79 Å². The number of rotatable bonds is 5. The molecule has 0 saturated carbocycles. The monoisotopic (exact) mass is 409 g/mol. The third-order valence-electron chi connectivity index (χ3n) is 4.23. The highest BCUT2D eigenvalue weighted by atomic mass is 32.2. The van der Waals surface area contributed by atoms with Crippen LogP contribution >= 0.6 is 0 Å². The molecular formula is C17H19N3O5S2. The Bertz CT molecular complexity index is 1130. The minimum absolute atomic E-state index is 0.00152. The molecule has 2 aromatic rings. The fourth-order valence-electron chi connectivity index (χ4n) is 2.75. The summed E-state index contributed by atoms with van der Waals surface area (Å²) in [4.78, 5) is 15.1. The fourth-order valence-corrected chi connectivity index (χ4v) is 5.23. The standard InChI is InChI=1S/C17H19N3O5S2/c1-11-3-4-12(2)16(9-11)27(24,25)20-19-26(22,23)14-6-7-15-13(10-14)5-8-17(21)18-15/h3-4,6-7,9-10,19-20H,5,8H2,1-2H3,(H,18,21). The van der Waals surface area contributed by atoms with Crippen LogP contribution in [0.25, 0.3) is 0 Å². The van der Waals surface area contributed by atoms with Gasteiger partial charge >= 0.3 is 0 Å². The molecule has 10 heteroatoms. The summed E-state index contributed by atoms with van der Waals surface area (Å²) in [5.74, 6) is -0.127. The highest BCUT2D eigenvalue weighted by molar-refractivity contribution is 7.92. The van der Waals surface area contributed by atoms with E-state index in [1.54, 1.807) is 26.0 Å². The summed E-state index contributed by atoms with van der Waals surface area (Å²) >= 11 is 0. The Balaban J connectivity index is 1.83. The van der Waals surface area contributed by atoms with Crippen molar-refractivity contribution in [3.8, 4) is 0 Å². The van der Waals surface area contributed by atoms with Crippen molar-refractivity contribution in [1.82, 2.24) is 9.66 Å². The summed E-state index contributed by atoms with van der Waals surface area (Å²) in [6.45, 7) is 3.37. The minimum atomic E-state index is -4.12. The van der Waals surface area contributed by atoms with Gasteiger partial charge in [-0.3, -0.25) is 4.79 Å². The first kappa shape index (κ1) is 19.5. The van der Waals surface area contributed by atoms with Gasteiger partial charge in [0, 0.05) is 12.1 Å². The van der Waals surface area contributed by atoms with E-state index in [1.807, 2.05) is 9.66 Å². The van der Waals surface area contributed by atoms with Gasteiger partial charge in [0.15, 0.2) is 0 Å². The van der Waals surface area contributed by atoms with Crippen molar-refractivity contribution in [2.24, 2.45) is 0 Å².